The zero-order chi connectivity index (χ0) is 16.1. The summed E-state index contributed by atoms with van der Waals surface area (Å²) >= 11 is 0. The van der Waals surface area contributed by atoms with Gasteiger partial charge in [0, 0.05) is 40.3 Å². The van der Waals surface area contributed by atoms with Crippen LogP contribution in [0.25, 0.3) is 0 Å². The fourth-order valence-electron chi connectivity index (χ4n) is 2.38. The minimum Gasteiger partial charge on any atom is -0.378 e. The molecule has 0 atom stereocenters. The second-order valence-corrected chi connectivity index (χ2v) is 5.64. The first-order chi connectivity index (χ1) is 11.2. The van der Waals surface area contributed by atoms with Crippen molar-refractivity contribution < 1.29 is 9.47 Å². The Morgan fingerprint density at radius 1 is 0.870 bits per heavy atom. The fraction of sp³-hybridized carbons (Fsp3) is 0.714. The third kappa shape index (κ3) is 4.26. The summed E-state index contributed by atoms with van der Waals surface area (Å²) < 4.78 is 10.8. The van der Waals surface area contributed by atoms with E-state index in [0.29, 0.717) is 44.3 Å². The van der Waals surface area contributed by atoms with Gasteiger partial charge in [0.05, 0.1) is 32.8 Å². The number of aromatic nitrogens is 3. The van der Waals surface area contributed by atoms with Crippen LogP contribution in [0.1, 0.15) is 0 Å². The second-order valence-electron chi connectivity index (χ2n) is 5.64. The molecule has 9 nitrogen and oxygen atoms in total. The lowest BCUT2D eigenvalue weighted by Gasteiger charge is -2.29. The quantitative estimate of drug-likeness (QED) is 0.556. The first-order valence-electron chi connectivity index (χ1n) is 7.84. The van der Waals surface area contributed by atoms with Crippen molar-refractivity contribution in [2.75, 3.05) is 76.5 Å². The molecule has 2 aliphatic heterocycles. The third-order valence-corrected chi connectivity index (χ3v) is 3.59. The van der Waals surface area contributed by atoms with Crippen molar-refractivity contribution in [3.05, 3.63) is 0 Å². The number of ether oxygens (including phenoxy) is 2. The maximum absolute atomic E-state index is 5.40. The van der Waals surface area contributed by atoms with Gasteiger partial charge in [0.2, 0.25) is 11.9 Å². The van der Waals surface area contributed by atoms with Gasteiger partial charge in [-0.1, -0.05) is 0 Å². The van der Waals surface area contributed by atoms with Gasteiger partial charge in [0.15, 0.2) is 0 Å². The van der Waals surface area contributed by atoms with Gasteiger partial charge in [0.1, 0.15) is 0 Å². The summed E-state index contributed by atoms with van der Waals surface area (Å²) in [5.41, 5.74) is 0. The molecule has 0 bridgehead atoms. The molecule has 126 valence electrons. The van der Waals surface area contributed by atoms with E-state index in [4.69, 9.17) is 9.47 Å². The lowest BCUT2D eigenvalue weighted by Crippen LogP contribution is -2.39. The maximum Gasteiger partial charge on any atom is 0.257 e. The molecule has 0 radical (unpaired) electrons. The SMILES string of the molecule is CN(C)/C=N/c1nc(N2CCOCC2)nc(N2CCOCC2)n1. The Kier molecular flexibility index (Phi) is 5.19. The topological polar surface area (TPSA) is 79.2 Å². The highest BCUT2D eigenvalue weighted by Crippen LogP contribution is 2.19. The van der Waals surface area contributed by atoms with Gasteiger partial charge < -0.3 is 24.2 Å². The molecule has 2 aliphatic rings. The van der Waals surface area contributed by atoms with E-state index in [1.54, 1.807) is 6.34 Å². The molecule has 1 aromatic heterocycles. The van der Waals surface area contributed by atoms with E-state index in [2.05, 4.69) is 29.7 Å². The van der Waals surface area contributed by atoms with Crippen molar-refractivity contribution in [3.8, 4) is 0 Å². The van der Waals surface area contributed by atoms with E-state index in [0.717, 1.165) is 26.2 Å². The molecule has 0 amide bonds. The first kappa shape index (κ1) is 15.9. The van der Waals surface area contributed by atoms with Crippen LogP contribution in [0.3, 0.4) is 0 Å². The van der Waals surface area contributed by atoms with Gasteiger partial charge in [-0.3, -0.25) is 0 Å². The van der Waals surface area contributed by atoms with Crippen LogP contribution in [0, 0.1) is 0 Å². The fourth-order valence-corrected chi connectivity index (χ4v) is 2.38. The van der Waals surface area contributed by atoms with E-state index < -0.39 is 0 Å². The number of nitrogens with zero attached hydrogens (tertiary/aromatic N) is 7. The zero-order valence-electron chi connectivity index (χ0n) is 13.7. The lowest BCUT2D eigenvalue weighted by atomic mass is 10.4. The van der Waals surface area contributed by atoms with Crippen LogP contribution in [0.5, 0.6) is 0 Å². The average Bonchev–Trinajstić information content (AvgIpc) is 2.61. The van der Waals surface area contributed by atoms with Crippen LogP contribution in [-0.4, -0.2) is 92.9 Å². The largest absolute Gasteiger partial charge is 0.378 e. The summed E-state index contributed by atoms with van der Waals surface area (Å²) in [7, 11) is 3.83. The highest BCUT2D eigenvalue weighted by Gasteiger charge is 2.20. The Balaban J connectivity index is 1.88. The Bertz CT molecular complexity index is 504. The van der Waals surface area contributed by atoms with Crippen molar-refractivity contribution in [1.82, 2.24) is 19.9 Å². The van der Waals surface area contributed by atoms with Crippen molar-refractivity contribution in [1.29, 1.82) is 0 Å². The van der Waals surface area contributed by atoms with Crippen LogP contribution in [0.15, 0.2) is 4.99 Å². The number of hydrogen-bond donors (Lipinski definition) is 0. The molecule has 0 unspecified atom stereocenters. The van der Waals surface area contributed by atoms with Gasteiger partial charge in [0.25, 0.3) is 5.95 Å². The summed E-state index contributed by atoms with van der Waals surface area (Å²) in [4.78, 5) is 24.0. The smallest absolute Gasteiger partial charge is 0.257 e. The van der Waals surface area contributed by atoms with Crippen LogP contribution < -0.4 is 9.80 Å². The molecule has 0 aromatic carbocycles. The minimum absolute atomic E-state index is 0.427. The number of anilines is 2. The van der Waals surface area contributed by atoms with Crippen LogP contribution in [0.4, 0.5) is 17.8 Å². The third-order valence-electron chi connectivity index (χ3n) is 3.59. The predicted molar refractivity (Wildman–Crippen MR) is 87.7 cm³/mol. The number of aliphatic imine (C=N–C) groups is 1. The molecule has 3 heterocycles. The molecule has 23 heavy (non-hydrogen) atoms. The summed E-state index contributed by atoms with van der Waals surface area (Å²) in [6.45, 7) is 5.88. The van der Waals surface area contributed by atoms with E-state index in [1.165, 1.54) is 0 Å². The molecule has 0 N–H and O–H groups in total. The first-order valence-corrected chi connectivity index (χ1v) is 7.84. The molecule has 9 heteroatoms. The monoisotopic (exact) mass is 321 g/mol. The van der Waals surface area contributed by atoms with Gasteiger partial charge in [-0.25, -0.2) is 4.99 Å². The predicted octanol–water partition coefficient (Wildman–Crippen LogP) is -0.234. The van der Waals surface area contributed by atoms with E-state index in [-0.39, 0.29) is 0 Å². The summed E-state index contributed by atoms with van der Waals surface area (Å²) in [5.74, 6) is 1.75. The normalized spacial score (nSPS) is 19.4. The molecule has 1 aromatic rings. The highest BCUT2D eigenvalue weighted by atomic mass is 16.5. The van der Waals surface area contributed by atoms with E-state index in [1.807, 2.05) is 19.0 Å². The van der Waals surface area contributed by atoms with Crippen molar-refractivity contribution in [3.63, 3.8) is 0 Å². The van der Waals surface area contributed by atoms with Crippen molar-refractivity contribution in [2.45, 2.75) is 0 Å². The van der Waals surface area contributed by atoms with Gasteiger partial charge in [-0.05, 0) is 0 Å². The highest BCUT2D eigenvalue weighted by molar-refractivity contribution is 5.58. The average molecular weight is 321 g/mol. The molecule has 0 spiro atoms. The second kappa shape index (κ2) is 7.51. The molecular formula is C14H23N7O2. The van der Waals surface area contributed by atoms with Crippen LogP contribution in [-0.2, 0) is 9.47 Å². The van der Waals surface area contributed by atoms with E-state index in [9.17, 15) is 0 Å². The van der Waals surface area contributed by atoms with Gasteiger partial charge in [-0.15, -0.1) is 0 Å². The maximum atomic E-state index is 5.40. The number of hydrogen-bond acceptors (Lipinski definition) is 8. The van der Waals surface area contributed by atoms with Gasteiger partial charge >= 0.3 is 0 Å². The summed E-state index contributed by atoms with van der Waals surface area (Å²) in [5, 5.41) is 0. The number of rotatable bonds is 4. The minimum atomic E-state index is 0.427. The van der Waals surface area contributed by atoms with Crippen LogP contribution >= 0.6 is 0 Å². The summed E-state index contributed by atoms with van der Waals surface area (Å²) in [6, 6.07) is 0. The zero-order valence-corrected chi connectivity index (χ0v) is 13.7. The van der Waals surface area contributed by atoms with Crippen LogP contribution in [0.2, 0.25) is 0 Å². The Morgan fingerprint density at radius 3 is 1.78 bits per heavy atom. The summed E-state index contributed by atoms with van der Waals surface area (Å²) in [6.07, 6.45) is 1.70. The molecular weight excluding hydrogens is 298 g/mol. The molecule has 2 saturated heterocycles. The molecule has 3 rings (SSSR count). The Hall–Kier alpha value is -2.00. The standard InChI is InChI=1S/C14H23N7O2/c1-19(2)11-15-12-16-13(20-3-7-22-8-4-20)18-14(17-12)21-5-9-23-10-6-21/h11H,3-10H2,1-2H3/b15-11+. The molecule has 0 aliphatic carbocycles. The Morgan fingerprint density at radius 2 is 1.35 bits per heavy atom. The van der Waals surface area contributed by atoms with E-state index >= 15 is 0 Å². The van der Waals surface area contributed by atoms with Gasteiger partial charge in [-0.2, -0.15) is 15.0 Å². The van der Waals surface area contributed by atoms with Crippen molar-refractivity contribution in [2.24, 2.45) is 4.99 Å². The molecule has 2 fully saturated rings. The number of morpholine rings is 2. The van der Waals surface area contributed by atoms with Crippen molar-refractivity contribution >= 4 is 24.2 Å². The Labute approximate surface area is 135 Å². The lowest BCUT2D eigenvalue weighted by molar-refractivity contribution is 0.121. The molecule has 0 saturated carbocycles.